The van der Waals surface area contributed by atoms with Gasteiger partial charge in [0.25, 0.3) is 5.91 Å². The van der Waals surface area contributed by atoms with Gasteiger partial charge in [0.15, 0.2) is 11.5 Å². The standard InChI is InChI=1S/C14H20N2O4/c1-18-11-8-10(9-12(19-2)13(11)20-3)14(17)16-7-5-4-6-15/h4-5,8-9H,6-7,15H2,1-3H3,(H,16,17)/b5-4+. The Balaban J connectivity index is 2.95. The molecule has 0 aliphatic carbocycles. The van der Waals surface area contributed by atoms with Gasteiger partial charge in [-0.15, -0.1) is 0 Å². The molecule has 0 fully saturated rings. The van der Waals surface area contributed by atoms with Crippen molar-refractivity contribution in [3.63, 3.8) is 0 Å². The number of carbonyl (C=O) groups excluding carboxylic acids is 1. The molecule has 0 unspecified atom stereocenters. The quantitative estimate of drug-likeness (QED) is 0.727. The van der Waals surface area contributed by atoms with Gasteiger partial charge in [0.05, 0.1) is 21.3 Å². The lowest BCUT2D eigenvalue weighted by Crippen LogP contribution is -2.23. The van der Waals surface area contributed by atoms with Crippen LogP contribution in [0.4, 0.5) is 0 Å². The topological polar surface area (TPSA) is 82.8 Å². The summed E-state index contributed by atoms with van der Waals surface area (Å²) in [5, 5.41) is 2.74. The first kappa shape index (κ1) is 15.8. The van der Waals surface area contributed by atoms with Crippen molar-refractivity contribution in [2.45, 2.75) is 0 Å². The van der Waals surface area contributed by atoms with Gasteiger partial charge in [-0.05, 0) is 12.1 Å². The van der Waals surface area contributed by atoms with E-state index in [9.17, 15) is 4.79 Å². The first-order valence-electron chi connectivity index (χ1n) is 6.11. The maximum atomic E-state index is 12.0. The molecule has 3 N–H and O–H groups in total. The molecule has 0 aliphatic rings. The zero-order valence-corrected chi connectivity index (χ0v) is 11.9. The molecule has 0 aromatic heterocycles. The van der Waals surface area contributed by atoms with Crippen LogP contribution in [0.3, 0.4) is 0 Å². The van der Waals surface area contributed by atoms with Crippen LogP contribution in [0.1, 0.15) is 10.4 Å². The Morgan fingerprint density at radius 3 is 2.20 bits per heavy atom. The van der Waals surface area contributed by atoms with Crippen LogP contribution in [-0.2, 0) is 0 Å². The molecule has 0 aliphatic heterocycles. The molecule has 20 heavy (non-hydrogen) atoms. The van der Waals surface area contributed by atoms with Gasteiger partial charge in [-0.25, -0.2) is 0 Å². The summed E-state index contributed by atoms with van der Waals surface area (Å²) in [5.74, 6) is 1.10. The maximum absolute atomic E-state index is 12.0. The summed E-state index contributed by atoms with van der Waals surface area (Å²) in [6, 6.07) is 3.20. The summed E-state index contributed by atoms with van der Waals surface area (Å²) >= 11 is 0. The van der Waals surface area contributed by atoms with Crippen LogP contribution in [-0.4, -0.2) is 40.3 Å². The zero-order valence-electron chi connectivity index (χ0n) is 11.9. The van der Waals surface area contributed by atoms with E-state index in [2.05, 4.69) is 5.32 Å². The number of hydrogen-bond donors (Lipinski definition) is 2. The molecule has 0 atom stereocenters. The van der Waals surface area contributed by atoms with Crippen LogP contribution < -0.4 is 25.3 Å². The highest BCUT2D eigenvalue weighted by Crippen LogP contribution is 2.38. The third-order valence-corrected chi connectivity index (χ3v) is 2.61. The van der Waals surface area contributed by atoms with Crippen molar-refractivity contribution in [1.29, 1.82) is 0 Å². The first-order valence-corrected chi connectivity index (χ1v) is 6.11. The molecule has 0 bridgehead atoms. The van der Waals surface area contributed by atoms with Crippen molar-refractivity contribution in [2.75, 3.05) is 34.4 Å². The highest BCUT2D eigenvalue weighted by Gasteiger charge is 2.16. The first-order chi connectivity index (χ1) is 9.67. The Morgan fingerprint density at radius 1 is 1.15 bits per heavy atom. The van der Waals surface area contributed by atoms with E-state index in [-0.39, 0.29) is 5.91 Å². The van der Waals surface area contributed by atoms with E-state index >= 15 is 0 Å². The average molecular weight is 280 g/mol. The number of hydrogen-bond acceptors (Lipinski definition) is 5. The molecular weight excluding hydrogens is 260 g/mol. The van der Waals surface area contributed by atoms with Crippen molar-refractivity contribution in [3.8, 4) is 17.2 Å². The Hall–Kier alpha value is -2.21. The van der Waals surface area contributed by atoms with Crippen molar-refractivity contribution < 1.29 is 19.0 Å². The van der Waals surface area contributed by atoms with Crippen LogP contribution in [0.15, 0.2) is 24.3 Å². The molecule has 1 aromatic rings. The van der Waals surface area contributed by atoms with Gasteiger partial charge in [0, 0.05) is 18.7 Å². The van der Waals surface area contributed by atoms with E-state index in [4.69, 9.17) is 19.9 Å². The van der Waals surface area contributed by atoms with Crippen molar-refractivity contribution >= 4 is 5.91 Å². The van der Waals surface area contributed by atoms with E-state index in [1.165, 1.54) is 21.3 Å². The fraction of sp³-hybridized carbons (Fsp3) is 0.357. The van der Waals surface area contributed by atoms with Gasteiger partial charge < -0.3 is 25.3 Å². The Labute approximate surface area is 118 Å². The van der Waals surface area contributed by atoms with Crippen LogP contribution in [0.2, 0.25) is 0 Å². The zero-order chi connectivity index (χ0) is 15.0. The van der Waals surface area contributed by atoms with Gasteiger partial charge in [0.2, 0.25) is 5.75 Å². The second-order valence-corrected chi connectivity index (χ2v) is 3.83. The smallest absolute Gasteiger partial charge is 0.251 e. The second kappa shape index (κ2) is 8.06. The molecule has 1 aromatic carbocycles. The van der Waals surface area contributed by atoms with E-state index < -0.39 is 0 Å². The van der Waals surface area contributed by atoms with Crippen LogP contribution in [0, 0.1) is 0 Å². The summed E-state index contributed by atoms with van der Waals surface area (Å²) in [6.07, 6.45) is 3.56. The SMILES string of the molecule is COc1cc(C(=O)NC/C=C/CN)cc(OC)c1OC. The van der Waals surface area contributed by atoms with Crippen LogP contribution in [0.25, 0.3) is 0 Å². The molecule has 0 saturated carbocycles. The summed E-state index contributed by atoms with van der Waals surface area (Å²) in [7, 11) is 4.52. The number of amides is 1. The van der Waals surface area contributed by atoms with E-state index in [0.717, 1.165) is 0 Å². The molecular formula is C14H20N2O4. The number of methoxy groups -OCH3 is 3. The Kier molecular flexibility index (Phi) is 6.39. The lowest BCUT2D eigenvalue weighted by atomic mass is 10.1. The minimum absolute atomic E-state index is 0.231. The molecule has 1 rings (SSSR count). The summed E-state index contributed by atoms with van der Waals surface area (Å²) in [5.41, 5.74) is 5.75. The van der Waals surface area contributed by atoms with Crippen molar-refractivity contribution in [1.82, 2.24) is 5.32 Å². The monoisotopic (exact) mass is 280 g/mol. The Bertz CT molecular complexity index is 461. The molecule has 0 heterocycles. The van der Waals surface area contributed by atoms with Gasteiger partial charge >= 0.3 is 0 Å². The number of ether oxygens (including phenoxy) is 3. The molecule has 0 radical (unpaired) electrons. The van der Waals surface area contributed by atoms with E-state index in [0.29, 0.717) is 35.9 Å². The molecule has 110 valence electrons. The van der Waals surface area contributed by atoms with Crippen LogP contribution in [0.5, 0.6) is 17.2 Å². The summed E-state index contributed by atoms with van der Waals surface area (Å²) < 4.78 is 15.6. The molecule has 6 heteroatoms. The van der Waals surface area contributed by atoms with E-state index in [1.807, 2.05) is 0 Å². The average Bonchev–Trinajstić information content (AvgIpc) is 2.49. The number of rotatable bonds is 7. The molecule has 0 spiro atoms. The van der Waals surface area contributed by atoms with Gasteiger partial charge in [0.1, 0.15) is 0 Å². The third kappa shape index (κ3) is 3.89. The number of carbonyl (C=O) groups is 1. The fourth-order valence-corrected chi connectivity index (χ4v) is 1.65. The second-order valence-electron chi connectivity index (χ2n) is 3.83. The van der Waals surface area contributed by atoms with Crippen molar-refractivity contribution in [3.05, 3.63) is 29.8 Å². The molecule has 6 nitrogen and oxygen atoms in total. The van der Waals surface area contributed by atoms with Gasteiger partial charge in [-0.2, -0.15) is 0 Å². The minimum atomic E-state index is -0.231. The van der Waals surface area contributed by atoms with Crippen molar-refractivity contribution in [2.24, 2.45) is 5.73 Å². The fourth-order valence-electron chi connectivity index (χ4n) is 1.65. The lowest BCUT2D eigenvalue weighted by Gasteiger charge is -2.13. The van der Waals surface area contributed by atoms with Crippen LogP contribution >= 0.6 is 0 Å². The highest BCUT2D eigenvalue weighted by atomic mass is 16.5. The van der Waals surface area contributed by atoms with Gasteiger partial charge in [-0.1, -0.05) is 12.2 Å². The number of benzene rings is 1. The third-order valence-electron chi connectivity index (χ3n) is 2.61. The predicted molar refractivity (Wildman–Crippen MR) is 76.6 cm³/mol. The van der Waals surface area contributed by atoms with Gasteiger partial charge in [-0.3, -0.25) is 4.79 Å². The van der Waals surface area contributed by atoms with E-state index in [1.54, 1.807) is 24.3 Å². The summed E-state index contributed by atoms with van der Waals surface area (Å²) in [4.78, 5) is 12.0. The normalized spacial score (nSPS) is 10.4. The largest absolute Gasteiger partial charge is 0.493 e. The number of nitrogens with one attached hydrogen (secondary N) is 1. The lowest BCUT2D eigenvalue weighted by molar-refractivity contribution is 0.0957. The number of nitrogens with two attached hydrogens (primary N) is 1. The highest BCUT2D eigenvalue weighted by molar-refractivity contribution is 5.95. The maximum Gasteiger partial charge on any atom is 0.251 e. The molecule has 1 amide bonds. The predicted octanol–water partition coefficient (Wildman–Crippen LogP) is 0.957. The Morgan fingerprint density at radius 2 is 1.75 bits per heavy atom. The molecule has 0 saturated heterocycles. The summed E-state index contributed by atoms with van der Waals surface area (Å²) in [6.45, 7) is 0.854. The minimum Gasteiger partial charge on any atom is -0.493 e.